The highest BCUT2D eigenvalue weighted by Gasteiger charge is 2.11. The molecule has 2 aromatic rings. The number of hydrogen-bond acceptors (Lipinski definition) is 4. The van der Waals surface area contributed by atoms with Crippen LogP contribution in [0.1, 0.15) is 23.0 Å². The van der Waals surface area contributed by atoms with Gasteiger partial charge in [0.2, 0.25) is 0 Å². The second-order valence-corrected chi connectivity index (χ2v) is 4.59. The number of imide groups is 1. The van der Waals surface area contributed by atoms with Crippen molar-refractivity contribution in [2.75, 3.05) is 11.9 Å². The first-order valence-corrected chi connectivity index (χ1v) is 6.99. The zero-order valence-electron chi connectivity index (χ0n) is 12.5. The van der Waals surface area contributed by atoms with Crippen LogP contribution >= 0.6 is 0 Å². The van der Waals surface area contributed by atoms with Gasteiger partial charge in [-0.25, -0.2) is 9.18 Å². The predicted molar refractivity (Wildman–Crippen MR) is 82.5 cm³/mol. The van der Waals surface area contributed by atoms with Gasteiger partial charge in [-0.1, -0.05) is 0 Å². The Morgan fingerprint density at radius 3 is 2.52 bits per heavy atom. The molecule has 6 nitrogen and oxygen atoms in total. The third-order valence-corrected chi connectivity index (χ3v) is 2.87. The maximum Gasteiger partial charge on any atom is 0.326 e. The molecule has 1 aromatic heterocycles. The third kappa shape index (κ3) is 5.15. The molecule has 3 amide bonds. The highest BCUT2D eigenvalue weighted by Crippen LogP contribution is 2.08. The highest BCUT2D eigenvalue weighted by atomic mass is 19.1. The number of anilines is 1. The van der Waals surface area contributed by atoms with E-state index in [4.69, 9.17) is 4.74 Å². The second-order valence-electron chi connectivity index (χ2n) is 4.59. The summed E-state index contributed by atoms with van der Waals surface area (Å²) < 4.78 is 18.0. The number of benzene rings is 1. The van der Waals surface area contributed by atoms with E-state index >= 15 is 0 Å². The fourth-order valence-corrected chi connectivity index (χ4v) is 1.72. The van der Waals surface area contributed by atoms with Crippen LogP contribution in [0, 0.1) is 5.82 Å². The molecule has 0 radical (unpaired) electrons. The summed E-state index contributed by atoms with van der Waals surface area (Å²) in [5, 5.41) is 4.60. The van der Waals surface area contributed by atoms with Crippen molar-refractivity contribution in [1.82, 2.24) is 10.3 Å². The van der Waals surface area contributed by atoms with Crippen LogP contribution in [-0.2, 0) is 11.3 Å². The van der Waals surface area contributed by atoms with Crippen LogP contribution in [-0.4, -0.2) is 23.5 Å². The predicted octanol–water partition coefficient (Wildman–Crippen LogP) is 2.72. The van der Waals surface area contributed by atoms with Gasteiger partial charge in [0.15, 0.2) is 0 Å². The third-order valence-electron chi connectivity index (χ3n) is 2.87. The smallest absolute Gasteiger partial charge is 0.326 e. The summed E-state index contributed by atoms with van der Waals surface area (Å²) in [6, 6.07) is 7.70. The molecule has 0 aliphatic carbocycles. The molecule has 1 aromatic carbocycles. The van der Waals surface area contributed by atoms with Crippen molar-refractivity contribution >= 4 is 17.6 Å². The van der Waals surface area contributed by atoms with Gasteiger partial charge in [0.05, 0.1) is 17.9 Å². The Bertz CT molecular complexity index is 672. The molecule has 0 aliphatic heterocycles. The van der Waals surface area contributed by atoms with Gasteiger partial charge < -0.3 is 10.1 Å². The minimum absolute atomic E-state index is 0.250. The molecule has 23 heavy (non-hydrogen) atoms. The molecule has 1 heterocycles. The molecule has 2 N–H and O–H groups in total. The molecule has 0 aliphatic rings. The Kier molecular flexibility index (Phi) is 5.76. The van der Waals surface area contributed by atoms with Crippen molar-refractivity contribution in [3.05, 3.63) is 59.7 Å². The number of nitrogens with zero attached hydrogens (tertiary/aromatic N) is 1. The number of carbonyl (C=O) groups excluding carboxylic acids is 2. The molecular formula is C16H16FN3O3. The van der Waals surface area contributed by atoms with E-state index in [1.165, 1.54) is 30.5 Å². The summed E-state index contributed by atoms with van der Waals surface area (Å²) in [6.07, 6.45) is 1.37. The normalized spacial score (nSPS) is 10.2. The van der Waals surface area contributed by atoms with Crippen molar-refractivity contribution < 1.29 is 18.7 Å². The second kappa shape index (κ2) is 8.00. The van der Waals surface area contributed by atoms with E-state index < -0.39 is 17.8 Å². The minimum Gasteiger partial charge on any atom is -0.375 e. The van der Waals surface area contributed by atoms with Gasteiger partial charge in [-0.15, -0.1) is 0 Å². The fraction of sp³-hybridized carbons (Fsp3) is 0.188. The summed E-state index contributed by atoms with van der Waals surface area (Å²) in [4.78, 5) is 27.7. The van der Waals surface area contributed by atoms with Crippen molar-refractivity contribution in [2.24, 2.45) is 0 Å². The Morgan fingerprint density at radius 1 is 1.17 bits per heavy atom. The van der Waals surface area contributed by atoms with Crippen LogP contribution in [0.25, 0.3) is 0 Å². The first kappa shape index (κ1) is 16.6. The molecule has 0 fully saturated rings. The zero-order valence-corrected chi connectivity index (χ0v) is 12.5. The minimum atomic E-state index is -0.708. The molecule has 7 heteroatoms. The summed E-state index contributed by atoms with van der Waals surface area (Å²) >= 11 is 0. The van der Waals surface area contributed by atoms with Crippen molar-refractivity contribution in [3.63, 3.8) is 0 Å². The molecule has 0 spiro atoms. The van der Waals surface area contributed by atoms with Crippen LogP contribution in [0.5, 0.6) is 0 Å². The number of amides is 3. The quantitative estimate of drug-likeness (QED) is 0.888. The maximum atomic E-state index is 12.8. The lowest BCUT2D eigenvalue weighted by Gasteiger charge is -2.07. The van der Waals surface area contributed by atoms with Gasteiger partial charge in [-0.05, 0) is 43.3 Å². The van der Waals surface area contributed by atoms with Gasteiger partial charge in [-0.2, -0.15) is 0 Å². The van der Waals surface area contributed by atoms with Crippen LogP contribution in [0.15, 0.2) is 42.6 Å². The highest BCUT2D eigenvalue weighted by molar-refractivity contribution is 6.07. The molecule has 0 saturated heterocycles. The van der Waals surface area contributed by atoms with Crippen LogP contribution in [0.2, 0.25) is 0 Å². The lowest BCUT2D eigenvalue weighted by molar-refractivity contribution is 0.0966. The number of pyridine rings is 1. The molecule has 0 atom stereocenters. The molecule has 0 bridgehead atoms. The number of halogens is 1. The van der Waals surface area contributed by atoms with Gasteiger partial charge in [0.1, 0.15) is 5.82 Å². The average Bonchev–Trinajstić information content (AvgIpc) is 2.55. The lowest BCUT2D eigenvalue weighted by atomic mass is 10.2. The first-order chi connectivity index (χ1) is 11.1. The molecule has 0 saturated carbocycles. The average molecular weight is 317 g/mol. The standard InChI is InChI=1S/C16H16FN3O3/c1-2-23-10-14-6-3-11(9-18-14)15(21)20-16(22)19-13-7-4-12(17)5-8-13/h3-9H,2,10H2,1H3,(H2,19,20,21,22). The summed E-state index contributed by atoms with van der Waals surface area (Å²) in [5.41, 5.74) is 1.32. The number of urea groups is 1. The molecular weight excluding hydrogens is 301 g/mol. The summed E-state index contributed by atoms with van der Waals surface area (Å²) in [5.74, 6) is -0.995. The van der Waals surface area contributed by atoms with Gasteiger partial charge in [0.25, 0.3) is 5.91 Å². The van der Waals surface area contributed by atoms with E-state index in [0.717, 1.165) is 0 Å². The number of hydrogen-bond donors (Lipinski definition) is 2. The summed E-state index contributed by atoms with van der Waals surface area (Å²) in [7, 11) is 0. The molecule has 0 unspecified atom stereocenters. The Labute approximate surface area is 132 Å². The topological polar surface area (TPSA) is 80.3 Å². The zero-order chi connectivity index (χ0) is 16.7. The van der Waals surface area contributed by atoms with Crippen LogP contribution in [0.3, 0.4) is 0 Å². The van der Waals surface area contributed by atoms with E-state index in [1.807, 2.05) is 6.92 Å². The van der Waals surface area contributed by atoms with Crippen molar-refractivity contribution in [3.8, 4) is 0 Å². The van der Waals surface area contributed by atoms with E-state index in [-0.39, 0.29) is 5.56 Å². The van der Waals surface area contributed by atoms with Crippen LogP contribution < -0.4 is 10.6 Å². The summed E-state index contributed by atoms with van der Waals surface area (Å²) in [6.45, 7) is 2.82. The van der Waals surface area contributed by atoms with Gasteiger partial charge in [0, 0.05) is 18.5 Å². The molecule has 120 valence electrons. The van der Waals surface area contributed by atoms with Crippen molar-refractivity contribution in [2.45, 2.75) is 13.5 Å². The van der Waals surface area contributed by atoms with E-state index in [9.17, 15) is 14.0 Å². The molecule has 2 rings (SSSR count). The Morgan fingerprint density at radius 2 is 1.91 bits per heavy atom. The lowest BCUT2D eigenvalue weighted by Crippen LogP contribution is -2.34. The van der Waals surface area contributed by atoms with E-state index in [1.54, 1.807) is 12.1 Å². The van der Waals surface area contributed by atoms with Crippen LogP contribution in [0.4, 0.5) is 14.9 Å². The number of nitrogens with one attached hydrogen (secondary N) is 2. The fourth-order valence-electron chi connectivity index (χ4n) is 1.72. The number of ether oxygens (including phenoxy) is 1. The van der Waals surface area contributed by atoms with E-state index in [0.29, 0.717) is 24.6 Å². The largest absolute Gasteiger partial charge is 0.375 e. The maximum absolute atomic E-state index is 12.8. The number of carbonyl (C=O) groups is 2. The SMILES string of the molecule is CCOCc1ccc(C(=O)NC(=O)Nc2ccc(F)cc2)cn1. The Balaban J connectivity index is 1.90. The first-order valence-electron chi connectivity index (χ1n) is 6.99. The number of rotatable bonds is 5. The Hall–Kier alpha value is -2.80. The number of aromatic nitrogens is 1. The monoisotopic (exact) mass is 317 g/mol. The van der Waals surface area contributed by atoms with Gasteiger partial charge >= 0.3 is 6.03 Å². The van der Waals surface area contributed by atoms with E-state index in [2.05, 4.69) is 15.6 Å². The van der Waals surface area contributed by atoms with Crippen molar-refractivity contribution in [1.29, 1.82) is 0 Å². The van der Waals surface area contributed by atoms with Gasteiger partial charge in [-0.3, -0.25) is 15.1 Å².